The number of rotatable bonds is 6. The SMILES string of the molecule is CSC1(CNCC(=O)Nc2ccccc2F)CC1. The Morgan fingerprint density at radius 3 is 2.78 bits per heavy atom. The lowest BCUT2D eigenvalue weighted by atomic mass is 10.3. The van der Waals surface area contributed by atoms with Crippen molar-refractivity contribution in [3.05, 3.63) is 30.1 Å². The lowest BCUT2D eigenvalue weighted by Crippen LogP contribution is -2.33. The highest BCUT2D eigenvalue weighted by Crippen LogP contribution is 2.46. The fourth-order valence-electron chi connectivity index (χ4n) is 1.75. The van der Waals surface area contributed by atoms with E-state index in [0.717, 1.165) is 6.54 Å². The molecule has 1 saturated carbocycles. The van der Waals surface area contributed by atoms with Crippen LogP contribution < -0.4 is 10.6 Å². The summed E-state index contributed by atoms with van der Waals surface area (Å²) in [5.74, 6) is -0.620. The van der Waals surface area contributed by atoms with Crippen LogP contribution in [0.25, 0.3) is 0 Å². The van der Waals surface area contributed by atoms with Crippen molar-refractivity contribution in [1.82, 2.24) is 5.32 Å². The maximum Gasteiger partial charge on any atom is 0.238 e. The van der Waals surface area contributed by atoms with Crippen LogP contribution in [0.1, 0.15) is 12.8 Å². The molecule has 1 aromatic rings. The summed E-state index contributed by atoms with van der Waals surface area (Å²) >= 11 is 1.84. The molecular weight excluding hydrogens is 251 g/mol. The predicted molar refractivity (Wildman–Crippen MR) is 73.4 cm³/mol. The smallest absolute Gasteiger partial charge is 0.238 e. The average molecular weight is 268 g/mol. The molecular formula is C13H17FN2OS. The summed E-state index contributed by atoms with van der Waals surface area (Å²) in [7, 11) is 0. The number of para-hydroxylation sites is 1. The summed E-state index contributed by atoms with van der Waals surface area (Å²) in [6.07, 6.45) is 4.50. The van der Waals surface area contributed by atoms with E-state index in [0.29, 0.717) is 4.75 Å². The number of nitrogens with one attached hydrogen (secondary N) is 2. The first kappa shape index (κ1) is 13.4. The molecule has 1 aliphatic carbocycles. The van der Waals surface area contributed by atoms with E-state index in [1.165, 1.54) is 18.9 Å². The summed E-state index contributed by atoms with van der Waals surface area (Å²) in [5, 5.41) is 5.67. The Morgan fingerprint density at radius 1 is 1.44 bits per heavy atom. The van der Waals surface area contributed by atoms with Crippen LogP contribution in [0.3, 0.4) is 0 Å². The Morgan fingerprint density at radius 2 is 2.17 bits per heavy atom. The highest BCUT2D eigenvalue weighted by molar-refractivity contribution is 8.00. The normalized spacial score (nSPS) is 16.3. The van der Waals surface area contributed by atoms with Crippen molar-refractivity contribution in [1.29, 1.82) is 0 Å². The molecule has 3 nitrogen and oxygen atoms in total. The van der Waals surface area contributed by atoms with E-state index < -0.39 is 5.82 Å². The van der Waals surface area contributed by atoms with Gasteiger partial charge in [-0.1, -0.05) is 12.1 Å². The van der Waals surface area contributed by atoms with Crippen molar-refractivity contribution in [2.45, 2.75) is 17.6 Å². The molecule has 0 atom stereocenters. The van der Waals surface area contributed by atoms with Crippen LogP contribution >= 0.6 is 11.8 Å². The van der Waals surface area contributed by atoms with E-state index in [-0.39, 0.29) is 18.1 Å². The molecule has 0 spiro atoms. The monoisotopic (exact) mass is 268 g/mol. The largest absolute Gasteiger partial charge is 0.322 e. The van der Waals surface area contributed by atoms with Crippen molar-refractivity contribution in [2.24, 2.45) is 0 Å². The van der Waals surface area contributed by atoms with Gasteiger partial charge in [0.25, 0.3) is 0 Å². The van der Waals surface area contributed by atoms with Crippen molar-refractivity contribution in [3.63, 3.8) is 0 Å². The van der Waals surface area contributed by atoms with Crippen LogP contribution in [-0.4, -0.2) is 30.0 Å². The molecule has 98 valence electrons. The molecule has 0 unspecified atom stereocenters. The molecule has 0 bridgehead atoms. The van der Waals surface area contributed by atoms with E-state index in [4.69, 9.17) is 0 Å². The van der Waals surface area contributed by atoms with Gasteiger partial charge in [-0.05, 0) is 31.2 Å². The Kier molecular flexibility index (Phi) is 4.24. The average Bonchev–Trinajstić information content (AvgIpc) is 3.13. The van der Waals surface area contributed by atoms with Gasteiger partial charge in [-0.3, -0.25) is 4.79 Å². The third kappa shape index (κ3) is 3.46. The second-order valence-electron chi connectivity index (χ2n) is 4.52. The zero-order valence-corrected chi connectivity index (χ0v) is 11.1. The molecule has 1 aromatic carbocycles. The third-order valence-electron chi connectivity index (χ3n) is 3.12. The standard InChI is InChI=1S/C13H17FN2OS/c1-18-13(6-7-13)9-15-8-12(17)16-11-5-3-2-4-10(11)14/h2-5,15H,6-9H2,1H3,(H,16,17). The van der Waals surface area contributed by atoms with Crippen LogP contribution in [0.2, 0.25) is 0 Å². The summed E-state index contributed by atoms with van der Waals surface area (Å²) in [5.41, 5.74) is 0.232. The molecule has 0 radical (unpaired) electrons. The first-order valence-electron chi connectivity index (χ1n) is 5.95. The van der Waals surface area contributed by atoms with Crippen molar-refractivity contribution < 1.29 is 9.18 Å². The van der Waals surface area contributed by atoms with Crippen molar-refractivity contribution in [2.75, 3.05) is 24.7 Å². The van der Waals surface area contributed by atoms with E-state index in [9.17, 15) is 9.18 Å². The van der Waals surface area contributed by atoms with E-state index in [2.05, 4.69) is 16.9 Å². The second-order valence-corrected chi connectivity index (χ2v) is 5.79. The zero-order valence-electron chi connectivity index (χ0n) is 10.3. The van der Waals surface area contributed by atoms with Crippen LogP contribution in [0, 0.1) is 5.82 Å². The Labute approximate surface area is 111 Å². The molecule has 0 heterocycles. The molecule has 18 heavy (non-hydrogen) atoms. The number of carbonyl (C=O) groups excluding carboxylic acids is 1. The minimum absolute atomic E-state index is 0.211. The third-order valence-corrected chi connectivity index (χ3v) is 4.54. The van der Waals surface area contributed by atoms with Gasteiger partial charge in [-0.25, -0.2) is 4.39 Å². The molecule has 0 saturated heterocycles. The number of thioether (sulfide) groups is 1. The van der Waals surface area contributed by atoms with Crippen LogP contribution in [-0.2, 0) is 4.79 Å². The highest BCUT2D eigenvalue weighted by Gasteiger charge is 2.41. The van der Waals surface area contributed by atoms with Gasteiger partial charge >= 0.3 is 0 Å². The summed E-state index contributed by atoms with van der Waals surface area (Å²) < 4.78 is 13.6. The van der Waals surface area contributed by atoms with Gasteiger partial charge in [0.1, 0.15) is 5.82 Å². The summed E-state index contributed by atoms with van der Waals surface area (Å²) in [6, 6.07) is 6.17. The number of hydrogen-bond acceptors (Lipinski definition) is 3. The van der Waals surface area contributed by atoms with Crippen molar-refractivity contribution in [3.8, 4) is 0 Å². The lowest BCUT2D eigenvalue weighted by molar-refractivity contribution is -0.115. The number of halogens is 1. The number of anilines is 1. The van der Waals surface area contributed by atoms with E-state index in [1.807, 2.05) is 11.8 Å². The number of carbonyl (C=O) groups is 1. The van der Waals surface area contributed by atoms with Gasteiger partial charge in [0, 0.05) is 11.3 Å². The first-order chi connectivity index (χ1) is 8.65. The fourth-order valence-corrected chi connectivity index (χ4v) is 2.51. The Balaban J connectivity index is 1.74. The van der Waals surface area contributed by atoms with E-state index >= 15 is 0 Å². The molecule has 1 fully saturated rings. The van der Waals surface area contributed by atoms with Crippen LogP contribution in [0.15, 0.2) is 24.3 Å². The quantitative estimate of drug-likeness (QED) is 0.831. The molecule has 1 aliphatic rings. The molecule has 1 amide bonds. The maximum atomic E-state index is 13.3. The first-order valence-corrected chi connectivity index (χ1v) is 7.18. The summed E-state index contributed by atoms with van der Waals surface area (Å²) in [4.78, 5) is 11.6. The summed E-state index contributed by atoms with van der Waals surface area (Å²) in [6.45, 7) is 1.05. The van der Waals surface area contributed by atoms with Gasteiger partial charge < -0.3 is 10.6 Å². The van der Waals surface area contributed by atoms with Gasteiger partial charge in [0.15, 0.2) is 0 Å². The fraction of sp³-hybridized carbons (Fsp3) is 0.462. The van der Waals surface area contributed by atoms with Crippen LogP contribution in [0.5, 0.6) is 0 Å². The second kappa shape index (κ2) is 5.71. The van der Waals surface area contributed by atoms with E-state index in [1.54, 1.807) is 18.2 Å². The number of hydrogen-bond donors (Lipinski definition) is 2. The maximum absolute atomic E-state index is 13.3. The topological polar surface area (TPSA) is 41.1 Å². The van der Waals surface area contributed by atoms with Gasteiger partial charge in [0.2, 0.25) is 5.91 Å². The number of benzene rings is 1. The minimum atomic E-state index is -0.409. The van der Waals surface area contributed by atoms with Crippen LogP contribution in [0.4, 0.5) is 10.1 Å². The molecule has 2 rings (SSSR count). The van der Waals surface area contributed by atoms with Gasteiger partial charge in [-0.15, -0.1) is 0 Å². The zero-order chi connectivity index (χ0) is 13.0. The minimum Gasteiger partial charge on any atom is -0.322 e. The predicted octanol–water partition coefficient (Wildman–Crippen LogP) is 2.25. The van der Waals surface area contributed by atoms with Gasteiger partial charge in [0.05, 0.1) is 12.2 Å². The molecule has 0 aromatic heterocycles. The highest BCUT2D eigenvalue weighted by atomic mass is 32.2. The molecule has 0 aliphatic heterocycles. The van der Waals surface area contributed by atoms with Crippen molar-refractivity contribution >= 4 is 23.4 Å². The molecule has 5 heteroatoms. The molecule has 2 N–H and O–H groups in total. The lowest BCUT2D eigenvalue weighted by Gasteiger charge is -2.13. The number of amides is 1. The van der Waals surface area contributed by atoms with Gasteiger partial charge in [-0.2, -0.15) is 11.8 Å². The Bertz CT molecular complexity index is 435. The Hall–Kier alpha value is -1.07.